The van der Waals surface area contributed by atoms with Gasteiger partial charge in [-0.1, -0.05) is 17.7 Å². The number of halogens is 4. The number of hydrogen-bond acceptors (Lipinski definition) is 2. The number of nitrogens with one attached hydrogen (secondary N) is 1. The minimum absolute atomic E-state index is 0.0971. The quantitative estimate of drug-likeness (QED) is 0.532. The molecule has 0 unspecified atom stereocenters. The number of carbonyl (C=O) groups excluding carboxylic acids is 1. The summed E-state index contributed by atoms with van der Waals surface area (Å²) >= 11 is 5.35. The van der Waals surface area contributed by atoms with E-state index in [0.717, 1.165) is 18.2 Å². The summed E-state index contributed by atoms with van der Waals surface area (Å²) in [4.78, 5) is 8.35. The Kier molecular flexibility index (Phi) is 4.91. The lowest BCUT2D eigenvalue weighted by atomic mass is 10.2. The summed E-state index contributed by atoms with van der Waals surface area (Å²) in [5.41, 5.74) is -0.718. The van der Waals surface area contributed by atoms with Crippen LogP contribution in [0.25, 0.3) is 0 Å². The molecule has 6 heteroatoms. The molecule has 1 N–H and O–H groups in total. The summed E-state index contributed by atoms with van der Waals surface area (Å²) in [7, 11) is 0. The fraction of sp³-hybridized carbons (Fsp3) is 0.125. The van der Waals surface area contributed by atoms with Crippen molar-refractivity contribution in [3.05, 3.63) is 34.9 Å². The van der Waals surface area contributed by atoms with Gasteiger partial charge in [-0.15, -0.1) is 0 Å². The first-order chi connectivity index (χ1) is 6.41. The summed E-state index contributed by atoms with van der Waals surface area (Å²) in [5, 5.41) is 5.50. The average molecular weight is 224 g/mol. The van der Waals surface area contributed by atoms with E-state index in [1.54, 1.807) is 0 Å². The van der Waals surface area contributed by atoms with Crippen LogP contribution in [-0.2, 0) is 11.0 Å². The molecular formula is C8H5ClF3NO. The Bertz CT molecular complexity index is 332. The van der Waals surface area contributed by atoms with Crippen molar-refractivity contribution in [2.45, 2.75) is 6.18 Å². The van der Waals surface area contributed by atoms with Gasteiger partial charge in [0.1, 0.15) is 0 Å². The standard InChI is InChI=1S/C7H4ClF3.CHNO/c8-6-3-1-2-5(4-6)7(9,10)11;2-1-3/h1-4H;2H. The molecule has 0 radical (unpaired) electrons. The van der Waals surface area contributed by atoms with Gasteiger partial charge < -0.3 is 0 Å². The summed E-state index contributed by atoms with van der Waals surface area (Å²) in [6.45, 7) is 0. The fourth-order valence-electron chi connectivity index (χ4n) is 0.665. The van der Waals surface area contributed by atoms with Crippen molar-refractivity contribution in [3.8, 4) is 0 Å². The second-order valence-corrected chi connectivity index (χ2v) is 2.55. The van der Waals surface area contributed by atoms with Crippen molar-refractivity contribution in [1.29, 1.82) is 5.41 Å². The molecule has 0 bridgehead atoms. The maximum Gasteiger partial charge on any atom is 0.416 e. The molecule has 2 nitrogen and oxygen atoms in total. The van der Waals surface area contributed by atoms with E-state index in [9.17, 15) is 13.2 Å². The zero-order valence-electron chi connectivity index (χ0n) is 6.73. The van der Waals surface area contributed by atoms with Gasteiger partial charge in [0.15, 0.2) is 0 Å². The van der Waals surface area contributed by atoms with Gasteiger partial charge in [0.25, 0.3) is 0 Å². The number of hydrogen-bond donors (Lipinski definition) is 1. The average Bonchev–Trinajstić information content (AvgIpc) is 2.04. The van der Waals surface area contributed by atoms with Crippen LogP contribution in [0.5, 0.6) is 0 Å². The Labute approximate surface area is 82.8 Å². The second-order valence-electron chi connectivity index (χ2n) is 2.11. The van der Waals surface area contributed by atoms with Crippen molar-refractivity contribution in [2.75, 3.05) is 0 Å². The van der Waals surface area contributed by atoms with Gasteiger partial charge >= 0.3 is 6.18 Å². The molecule has 0 spiro atoms. The first-order valence-electron chi connectivity index (χ1n) is 3.28. The molecule has 1 aromatic rings. The third-order valence-corrected chi connectivity index (χ3v) is 1.39. The van der Waals surface area contributed by atoms with E-state index in [1.165, 1.54) is 12.1 Å². The van der Waals surface area contributed by atoms with Crippen LogP contribution in [0.15, 0.2) is 24.3 Å². The third kappa shape index (κ3) is 4.64. The summed E-state index contributed by atoms with van der Waals surface area (Å²) < 4.78 is 35.7. The van der Waals surface area contributed by atoms with Gasteiger partial charge in [-0.25, -0.2) is 10.2 Å². The van der Waals surface area contributed by atoms with Crippen LogP contribution in [0.4, 0.5) is 13.2 Å². The van der Waals surface area contributed by atoms with Crippen LogP contribution in [0.2, 0.25) is 5.02 Å². The SMILES string of the molecule is FC(F)(F)c1cccc(Cl)c1.N=C=O. The van der Waals surface area contributed by atoms with Crippen LogP contribution in [0, 0.1) is 5.41 Å². The molecule has 0 aliphatic rings. The van der Waals surface area contributed by atoms with E-state index in [0.29, 0.717) is 0 Å². The lowest BCUT2D eigenvalue weighted by Gasteiger charge is -2.05. The van der Waals surface area contributed by atoms with Gasteiger partial charge in [-0.3, -0.25) is 0 Å². The van der Waals surface area contributed by atoms with E-state index < -0.39 is 11.7 Å². The number of rotatable bonds is 0. The van der Waals surface area contributed by atoms with E-state index in [1.807, 2.05) is 0 Å². The molecule has 1 aromatic carbocycles. The van der Waals surface area contributed by atoms with Crippen LogP contribution in [0.3, 0.4) is 0 Å². The predicted octanol–water partition coefficient (Wildman–Crippen LogP) is 3.26. The first-order valence-corrected chi connectivity index (χ1v) is 3.66. The van der Waals surface area contributed by atoms with Gasteiger partial charge in [0.05, 0.1) is 5.56 Å². The van der Waals surface area contributed by atoms with Crippen molar-refractivity contribution in [2.24, 2.45) is 0 Å². The number of benzene rings is 1. The van der Waals surface area contributed by atoms with Gasteiger partial charge in [-0.05, 0) is 18.2 Å². The van der Waals surface area contributed by atoms with Crippen LogP contribution >= 0.6 is 11.6 Å². The smallest absolute Gasteiger partial charge is 0.222 e. The summed E-state index contributed by atoms with van der Waals surface area (Å²) in [5.74, 6) is 0. The number of isocyanates is 1. The van der Waals surface area contributed by atoms with E-state index >= 15 is 0 Å². The van der Waals surface area contributed by atoms with Crippen molar-refractivity contribution < 1.29 is 18.0 Å². The largest absolute Gasteiger partial charge is 0.416 e. The zero-order chi connectivity index (χ0) is 11.2. The first kappa shape index (κ1) is 12.7. The molecule has 0 saturated carbocycles. The topological polar surface area (TPSA) is 40.9 Å². The third-order valence-electron chi connectivity index (χ3n) is 1.15. The number of alkyl halides is 3. The molecule has 14 heavy (non-hydrogen) atoms. The predicted molar refractivity (Wildman–Crippen MR) is 44.9 cm³/mol. The van der Waals surface area contributed by atoms with Crippen LogP contribution in [-0.4, -0.2) is 6.08 Å². The molecule has 1 rings (SSSR count). The van der Waals surface area contributed by atoms with Gasteiger partial charge in [-0.2, -0.15) is 13.2 Å². The Hall–Kier alpha value is -1.32. The van der Waals surface area contributed by atoms with Crippen molar-refractivity contribution in [1.82, 2.24) is 0 Å². The van der Waals surface area contributed by atoms with Crippen molar-refractivity contribution >= 4 is 17.7 Å². The summed E-state index contributed by atoms with van der Waals surface area (Å²) in [6, 6.07) is 4.54. The normalized spacial score (nSPS) is 9.71. The highest BCUT2D eigenvalue weighted by Gasteiger charge is 2.30. The Balaban J connectivity index is 0.000000500. The molecule has 0 aliphatic carbocycles. The molecule has 76 valence electrons. The minimum Gasteiger partial charge on any atom is -0.222 e. The highest BCUT2D eigenvalue weighted by Crippen LogP contribution is 2.30. The molecule has 0 aliphatic heterocycles. The lowest BCUT2D eigenvalue weighted by Crippen LogP contribution is -2.03. The van der Waals surface area contributed by atoms with E-state index in [-0.39, 0.29) is 5.02 Å². The maximum atomic E-state index is 11.9. The maximum absolute atomic E-state index is 11.9. The molecule has 0 saturated heterocycles. The Morgan fingerprint density at radius 3 is 2.14 bits per heavy atom. The van der Waals surface area contributed by atoms with Crippen molar-refractivity contribution in [3.63, 3.8) is 0 Å². The van der Waals surface area contributed by atoms with Crippen LogP contribution < -0.4 is 0 Å². The molecule has 0 atom stereocenters. The molecular weight excluding hydrogens is 219 g/mol. The van der Waals surface area contributed by atoms with Crippen LogP contribution in [0.1, 0.15) is 5.56 Å². The second kappa shape index (κ2) is 5.42. The highest BCUT2D eigenvalue weighted by atomic mass is 35.5. The summed E-state index contributed by atoms with van der Waals surface area (Å²) in [6.07, 6.45) is -3.55. The lowest BCUT2D eigenvalue weighted by molar-refractivity contribution is -0.137. The van der Waals surface area contributed by atoms with E-state index in [2.05, 4.69) is 0 Å². The Morgan fingerprint density at radius 2 is 1.86 bits per heavy atom. The molecule has 0 amide bonds. The van der Waals surface area contributed by atoms with Gasteiger partial charge in [0.2, 0.25) is 6.08 Å². The molecule has 0 heterocycles. The van der Waals surface area contributed by atoms with E-state index in [4.69, 9.17) is 21.8 Å². The molecule has 0 aromatic heterocycles. The Morgan fingerprint density at radius 1 is 1.36 bits per heavy atom. The fourth-order valence-corrected chi connectivity index (χ4v) is 0.855. The van der Waals surface area contributed by atoms with Gasteiger partial charge in [0, 0.05) is 5.02 Å². The molecule has 0 fully saturated rings. The minimum atomic E-state index is -4.30. The zero-order valence-corrected chi connectivity index (χ0v) is 7.49. The highest BCUT2D eigenvalue weighted by molar-refractivity contribution is 6.30. The monoisotopic (exact) mass is 223 g/mol.